The number of hydrogen-bond acceptors (Lipinski definition) is 3. The molecule has 1 aliphatic carbocycles. The molecule has 0 unspecified atom stereocenters. The number of hydrogen-bond donors (Lipinski definition) is 0. The fourth-order valence-corrected chi connectivity index (χ4v) is 5.36. The first-order chi connectivity index (χ1) is 14.0. The van der Waals surface area contributed by atoms with Crippen molar-refractivity contribution in [2.45, 2.75) is 31.2 Å². The molecule has 0 radical (unpaired) electrons. The molecule has 1 saturated heterocycles. The SMILES string of the molecule is CN1CCCN([C@H]2Cc3c(Cl)cc(Cl)cc3[C@@H]2Cc2ccc(C#N)cc2F)CC1. The Morgan fingerprint density at radius 1 is 1.14 bits per heavy atom. The first-order valence-corrected chi connectivity index (χ1v) is 10.8. The molecule has 2 aliphatic rings. The van der Waals surface area contributed by atoms with E-state index >= 15 is 0 Å². The summed E-state index contributed by atoms with van der Waals surface area (Å²) in [5.41, 5.74) is 3.25. The normalized spacial score (nSPS) is 22.9. The van der Waals surface area contributed by atoms with Crippen molar-refractivity contribution >= 4 is 23.2 Å². The van der Waals surface area contributed by atoms with E-state index in [1.54, 1.807) is 18.2 Å². The van der Waals surface area contributed by atoms with Crippen LogP contribution in [0.15, 0.2) is 30.3 Å². The molecular formula is C23H24Cl2FN3. The molecule has 3 nitrogen and oxygen atoms in total. The summed E-state index contributed by atoms with van der Waals surface area (Å²) in [6, 6.07) is 10.8. The first kappa shape index (κ1) is 20.6. The van der Waals surface area contributed by atoms with Crippen LogP contribution in [0.4, 0.5) is 4.39 Å². The van der Waals surface area contributed by atoms with Crippen LogP contribution in [0.25, 0.3) is 0 Å². The molecule has 29 heavy (non-hydrogen) atoms. The van der Waals surface area contributed by atoms with E-state index in [4.69, 9.17) is 28.5 Å². The van der Waals surface area contributed by atoms with Gasteiger partial charge in [0.2, 0.25) is 0 Å². The Kier molecular flexibility index (Phi) is 6.13. The summed E-state index contributed by atoms with van der Waals surface area (Å²) < 4.78 is 14.7. The maximum Gasteiger partial charge on any atom is 0.127 e. The monoisotopic (exact) mass is 431 g/mol. The van der Waals surface area contributed by atoms with Gasteiger partial charge in [-0.3, -0.25) is 4.90 Å². The van der Waals surface area contributed by atoms with Crippen molar-refractivity contribution < 1.29 is 4.39 Å². The Morgan fingerprint density at radius 2 is 1.97 bits per heavy atom. The molecule has 0 aromatic heterocycles. The van der Waals surface area contributed by atoms with Gasteiger partial charge in [-0.25, -0.2) is 4.39 Å². The average Bonchev–Trinajstić information content (AvgIpc) is 2.89. The zero-order valence-corrected chi connectivity index (χ0v) is 18.0. The van der Waals surface area contributed by atoms with Crippen LogP contribution in [0.5, 0.6) is 0 Å². The van der Waals surface area contributed by atoms with Crippen molar-refractivity contribution in [2.24, 2.45) is 0 Å². The van der Waals surface area contributed by atoms with Crippen LogP contribution in [0.3, 0.4) is 0 Å². The number of rotatable bonds is 3. The molecule has 0 saturated carbocycles. The summed E-state index contributed by atoms with van der Waals surface area (Å²) in [6.45, 7) is 4.14. The standard InChI is InChI=1S/C23H24Cl2FN3/c1-28-5-2-6-29(8-7-28)23-13-19-18(11-17(24)12-21(19)25)20(23)10-16-4-3-15(14-27)9-22(16)26/h3-4,9,11-12,20,23H,2,5-8,10,13H2,1H3/t20-,23-/m0/s1. The summed E-state index contributed by atoms with van der Waals surface area (Å²) in [5, 5.41) is 10.4. The van der Waals surface area contributed by atoms with Crippen molar-refractivity contribution in [3.8, 4) is 6.07 Å². The van der Waals surface area contributed by atoms with Crippen molar-refractivity contribution in [1.29, 1.82) is 5.26 Å². The Labute approximate surface area is 181 Å². The molecule has 0 spiro atoms. The number of nitrogens with zero attached hydrogens (tertiary/aromatic N) is 3. The maximum absolute atomic E-state index is 14.7. The van der Waals surface area contributed by atoms with Gasteiger partial charge in [0.05, 0.1) is 11.6 Å². The summed E-state index contributed by atoms with van der Waals surface area (Å²) in [6.07, 6.45) is 2.55. The van der Waals surface area contributed by atoms with Crippen LogP contribution >= 0.6 is 23.2 Å². The van der Waals surface area contributed by atoms with Crippen molar-refractivity contribution in [3.05, 3.63) is 68.4 Å². The highest BCUT2D eigenvalue weighted by molar-refractivity contribution is 6.35. The Morgan fingerprint density at radius 3 is 2.72 bits per heavy atom. The predicted molar refractivity (Wildman–Crippen MR) is 115 cm³/mol. The number of benzene rings is 2. The van der Waals surface area contributed by atoms with Gasteiger partial charge in [-0.05, 0) is 80.4 Å². The van der Waals surface area contributed by atoms with Crippen LogP contribution < -0.4 is 0 Å². The third-order valence-electron chi connectivity index (χ3n) is 6.32. The summed E-state index contributed by atoms with van der Waals surface area (Å²) in [5.74, 6) is -0.202. The molecule has 1 heterocycles. The number of likely N-dealkylation sites (N-methyl/N-ethyl adjacent to an activating group) is 1. The van der Waals surface area contributed by atoms with E-state index in [9.17, 15) is 4.39 Å². The van der Waals surface area contributed by atoms with Gasteiger partial charge in [-0.1, -0.05) is 29.3 Å². The molecule has 0 amide bonds. The van der Waals surface area contributed by atoms with Crippen LogP contribution in [-0.4, -0.2) is 49.1 Å². The van der Waals surface area contributed by atoms with Gasteiger partial charge in [0.25, 0.3) is 0 Å². The lowest BCUT2D eigenvalue weighted by atomic mass is 9.89. The topological polar surface area (TPSA) is 30.3 Å². The molecule has 2 aromatic rings. The van der Waals surface area contributed by atoms with E-state index in [0.29, 0.717) is 27.6 Å². The molecule has 2 aromatic carbocycles. The Hall–Kier alpha value is -1.64. The van der Waals surface area contributed by atoms with E-state index < -0.39 is 0 Å². The number of fused-ring (bicyclic) bond motifs is 1. The predicted octanol–water partition coefficient (Wildman–Crippen LogP) is 4.89. The van der Waals surface area contributed by atoms with Crippen LogP contribution in [-0.2, 0) is 12.8 Å². The molecule has 0 N–H and O–H groups in total. The minimum absolute atomic E-state index is 0.118. The van der Waals surface area contributed by atoms with E-state index in [1.165, 1.54) is 6.07 Å². The smallest absolute Gasteiger partial charge is 0.127 e. The minimum atomic E-state index is -0.319. The molecule has 4 rings (SSSR count). The number of nitriles is 1. The van der Waals surface area contributed by atoms with E-state index in [0.717, 1.165) is 50.1 Å². The minimum Gasteiger partial charge on any atom is -0.305 e. The van der Waals surface area contributed by atoms with Crippen LogP contribution in [0.2, 0.25) is 10.0 Å². The van der Waals surface area contributed by atoms with Crippen molar-refractivity contribution in [3.63, 3.8) is 0 Å². The average molecular weight is 432 g/mol. The lowest BCUT2D eigenvalue weighted by Crippen LogP contribution is -2.41. The highest BCUT2D eigenvalue weighted by Gasteiger charge is 2.38. The molecule has 1 fully saturated rings. The molecule has 152 valence electrons. The first-order valence-electron chi connectivity index (χ1n) is 10.0. The molecule has 0 bridgehead atoms. The van der Waals surface area contributed by atoms with Gasteiger partial charge in [-0.2, -0.15) is 5.26 Å². The second kappa shape index (κ2) is 8.62. The van der Waals surface area contributed by atoms with Crippen molar-refractivity contribution in [1.82, 2.24) is 9.80 Å². The highest BCUT2D eigenvalue weighted by Crippen LogP contribution is 2.43. The maximum atomic E-state index is 14.7. The van der Waals surface area contributed by atoms with Gasteiger partial charge in [0, 0.05) is 35.1 Å². The van der Waals surface area contributed by atoms with E-state index in [-0.39, 0.29) is 17.8 Å². The summed E-state index contributed by atoms with van der Waals surface area (Å²) >= 11 is 12.9. The Balaban J connectivity index is 1.69. The third kappa shape index (κ3) is 4.29. The summed E-state index contributed by atoms with van der Waals surface area (Å²) in [7, 11) is 2.16. The zero-order chi connectivity index (χ0) is 20.5. The largest absolute Gasteiger partial charge is 0.305 e. The van der Waals surface area contributed by atoms with Gasteiger partial charge < -0.3 is 4.90 Å². The third-order valence-corrected chi connectivity index (χ3v) is 6.87. The highest BCUT2D eigenvalue weighted by atomic mass is 35.5. The second-order valence-corrected chi connectivity index (χ2v) is 8.99. The number of halogens is 3. The van der Waals surface area contributed by atoms with Gasteiger partial charge >= 0.3 is 0 Å². The van der Waals surface area contributed by atoms with Crippen LogP contribution in [0, 0.1) is 17.1 Å². The lowest BCUT2D eigenvalue weighted by molar-refractivity contribution is 0.183. The van der Waals surface area contributed by atoms with E-state index in [1.807, 2.05) is 12.1 Å². The van der Waals surface area contributed by atoms with Gasteiger partial charge in [0.1, 0.15) is 5.82 Å². The lowest BCUT2D eigenvalue weighted by Gasteiger charge is -2.32. The van der Waals surface area contributed by atoms with E-state index in [2.05, 4.69) is 16.8 Å². The molecule has 6 heteroatoms. The van der Waals surface area contributed by atoms with Gasteiger partial charge in [0.15, 0.2) is 0 Å². The van der Waals surface area contributed by atoms with Crippen LogP contribution in [0.1, 0.15) is 34.6 Å². The fraction of sp³-hybridized carbons (Fsp3) is 0.435. The second-order valence-electron chi connectivity index (χ2n) is 8.15. The van der Waals surface area contributed by atoms with Crippen molar-refractivity contribution in [2.75, 3.05) is 33.2 Å². The van der Waals surface area contributed by atoms with Gasteiger partial charge in [-0.15, -0.1) is 0 Å². The fourth-order valence-electron chi connectivity index (χ4n) is 4.78. The molecule has 2 atom stereocenters. The zero-order valence-electron chi connectivity index (χ0n) is 16.5. The Bertz CT molecular complexity index is 956. The quantitative estimate of drug-likeness (QED) is 0.692. The molecule has 1 aliphatic heterocycles. The molecular weight excluding hydrogens is 408 g/mol. The summed E-state index contributed by atoms with van der Waals surface area (Å²) in [4.78, 5) is 4.90.